The molecule has 0 spiro atoms. The first-order valence-corrected chi connectivity index (χ1v) is 7.98. The van der Waals surface area contributed by atoms with Crippen LogP contribution in [0.3, 0.4) is 0 Å². The minimum atomic E-state index is -0.0839. The molecule has 0 bridgehead atoms. The van der Waals surface area contributed by atoms with E-state index in [-0.39, 0.29) is 11.7 Å². The summed E-state index contributed by atoms with van der Waals surface area (Å²) in [5, 5.41) is 0. The van der Waals surface area contributed by atoms with Crippen molar-refractivity contribution in [1.29, 1.82) is 0 Å². The lowest BCUT2D eigenvalue weighted by molar-refractivity contribution is 0.0447. The molecule has 1 saturated heterocycles. The van der Waals surface area contributed by atoms with Crippen LogP contribution in [0, 0.1) is 5.92 Å². The molecule has 1 aromatic heterocycles. The predicted molar refractivity (Wildman–Crippen MR) is 86.3 cm³/mol. The molecule has 3 rings (SSSR count). The van der Waals surface area contributed by atoms with Crippen LogP contribution >= 0.6 is 15.9 Å². The Morgan fingerprint density at radius 1 is 1.33 bits per heavy atom. The number of nitrogens with zero attached hydrogens (tertiary/aromatic N) is 2. The summed E-state index contributed by atoms with van der Waals surface area (Å²) < 4.78 is 9.81. The topological polar surface area (TPSA) is 62.2 Å². The minimum absolute atomic E-state index is 0.0244. The number of ether oxygens (including phenoxy) is 1. The third-order valence-electron chi connectivity index (χ3n) is 4.45. The van der Waals surface area contributed by atoms with Crippen molar-refractivity contribution in [2.24, 2.45) is 25.7 Å². The van der Waals surface area contributed by atoms with Crippen molar-refractivity contribution >= 4 is 27.0 Å². The first kappa shape index (κ1) is 14.8. The van der Waals surface area contributed by atoms with Gasteiger partial charge in [0.05, 0.1) is 17.6 Å². The summed E-state index contributed by atoms with van der Waals surface area (Å²) in [6, 6.07) is 3.93. The third kappa shape index (κ3) is 2.45. The van der Waals surface area contributed by atoms with Crippen LogP contribution in [0.15, 0.2) is 21.4 Å². The van der Waals surface area contributed by atoms with Crippen molar-refractivity contribution in [2.75, 3.05) is 13.2 Å². The predicted octanol–water partition coefficient (Wildman–Crippen LogP) is 2.07. The van der Waals surface area contributed by atoms with E-state index < -0.39 is 0 Å². The average Bonchev–Trinajstić information content (AvgIpc) is 2.71. The number of halogens is 1. The van der Waals surface area contributed by atoms with Crippen molar-refractivity contribution in [3.63, 3.8) is 0 Å². The quantitative estimate of drug-likeness (QED) is 0.898. The lowest BCUT2D eigenvalue weighted by Gasteiger charge is -2.28. The molecule has 2 aromatic rings. The van der Waals surface area contributed by atoms with Gasteiger partial charge in [-0.2, -0.15) is 0 Å². The largest absolute Gasteiger partial charge is 0.381 e. The zero-order chi connectivity index (χ0) is 15.1. The van der Waals surface area contributed by atoms with Gasteiger partial charge in [0, 0.05) is 37.1 Å². The van der Waals surface area contributed by atoms with Gasteiger partial charge < -0.3 is 10.5 Å². The number of aryl methyl sites for hydroxylation is 2. The van der Waals surface area contributed by atoms with Gasteiger partial charge in [-0.05, 0) is 30.5 Å². The van der Waals surface area contributed by atoms with Crippen molar-refractivity contribution in [3.8, 4) is 0 Å². The fourth-order valence-electron chi connectivity index (χ4n) is 3.09. The van der Waals surface area contributed by atoms with E-state index in [9.17, 15) is 4.79 Å². The van der Waals surface area contributed by atoms with Crippen molar-refractivity contribution in [1.82, 2.24) is 9.13 Å². The summed E-state index contributed by atoms with van der Waals surface area (Å²) in [5.74, 6) is 0.327. The van der Waals surface area contributed by atoms with Crippen LogP contribution in [0.2, 0.25) is 0 Å². The van der Waals surface area contributed by atoms with Crippen LogP contribution in [0.4, 0.5) is 0 Å². The molecule has 2 heterocycles. The number of imidazole rings is 1. The average molecular weight is 354 g/mol. The van der Waals surface area contributed by atoms with Gasteiger partial charge in [-0.15, -0.1) is 0 Å². The molecule has 2 N–H and O–H groups in total. The molecule has 6 heteroatoms. The third-order valence-corrected chi connectivity index (χ3v) is 5.14. The van der Waals surface area contributed by atoms with Crippen LogP contribution in [0.5, 0.6) is 0 Å². The zero-order valence-corrected chi connectivity index (χ0v) is 13.9. The number of benzene rings is 1. The van der Waals surface area contributed by atoms with Crippen molar-refractivity contribution in [3.05, 3.63) is 32.7 Å². The van der Waals surface area contributed by atoms with Crippen LogP contribution in [0.1, 0.15) is 24.4 Å². The number of hydrogen-bond donors (Lipinski definition) is 1. The maximum absolute atomic E-state index is 12.0. The number of nitrogens with two attached hydrogens (primary N) is 1. The summed E-state index contributed by atoms with van der Waals surface area (Å²) in [4.78, 5) is 12.0. The first-order chi connectivity index (χ1) is 10.0. The van der Waals surface area contributed by atoms with Gasteiger partial charge >= 0.3 is 5.69 Å². The highest BCUT2D eigenvalue weighted by atomic mass is 79.9. The van der Waals surface area contributed by atoms with Gasteiger partial charge in [0.2, 0.25) is 0 Å². The molecule has 21 heavy (non-hydrogen) atoms. The highest BCUT2D eigenvalue weighted by Gasteiger charge is 2.25. The standard InChI is InChI=1S/C15H20BrN3O2/c1-18-12-6-10(14(17)9-4-3-5-21-8-9)11(16)7-13(12)19(2)15(18)20/h6-7,9,14H,3-5,8,17H2,1-2H3. The van der Waals surface area contributed by atoms with E-state index in [2.05, 4.69) is 15.9 Å². The lowest BCUT2D eigenvalue weighted by Crippen LogP contribution is -2.29. The summed E-state index contributed by atoms with van der Waals surface area (Å²) in [6.45, 7) is 1.54. The normalized spacial score (nSPS) is 20.9. The Morgan fingerprint density at radius 2 is 2.00 bits per heavy atom. The van der Waals surface area contributed by atoms with Crippen LogP contribution in [-0.4, -0.2) is 22.3 Å². The summed E-state index contributed by atoms with van der Waals surface area (Å²) in [7, 11) is 3.57. The number of aromatic nitrogens is 2. The summed E-state index contributed by atoms with van der Waals surface area (Å²) in [5.41, 5.74) is 9.29. The highest BCUT2D eigenvalue weighted by Crippen LogP contribution is 2.33. The van der Waals surface area contributed by atoms with E-state index in [1.54, 1.807) is 23.2 Å². The Kier molecular flexibility index (Phi) is 3.94. The van der Waals surface area contributed by atoms with Gasteiger partial charge in [-0.1, -0.05) is 15.9 Å². The van der Waals surface area contributed by atoms with Crippen LogP contribution in [0.25, 0.3) is 11.0 Å². The molecule has 1 aromatic carbocycles. The molecule has 5 nitrogen and oxygen atoms in total. The molecular weight excluding hydrogens is 334 g/mol. The Bertz CT molecular complexity index is 729. The molecule has 2 atom stereocenters. The van der Waals surface area contributed by atoms with Gasteiger partial charge in [-0.25, -0.2) is 4.79 Å². The molecule has 1 aliphatic rings. The second-order valence-electron chi connectivity index (χ2n) is 5.77. The maximum Gasteiger partial charge on any atom is 0.328 e. The molecule has 1 aliphatic heterocycles. The van der Waals surface area contributed by atoms with E-state index in [4.69, 9.17) is 10.5 Å². The van der Waals surface area contributed by atoms with Gasteiger partial charge in [-0.3, -0.25) is 9.13 Å². The highest BCUT2D eigenvalue weighted by molar-refractivity contribution is 9.10. The molecule has 114 valence electrons. The lowest BCUT2D eigenvalue weighted by atomic mass is 9.89. The number of hydrogen-bond acceptors (Lipinski definition) is 3. The van der Waals surface area contributed by atoms with Gasteiger partial charge in [0.25, 0.3) is 0 Å². The number of fused-ring (bicyclic) bond motifs is 1. The zero-order valence-electron chi connectivity index (χ0n) is 12.3. The van der Waals surface area contributed by atoms with Gasteiger partial charge in [0.1, 0.15) is 0 Å². The maximum atomic E-state index is 12.0. The Hall–Kier alpha value is -1.11. The molecule has 0 aliphatic carbocycles. The second kappa shape index (κ2) is 5.59. The number of rotatable bonds is 2. The molecule has 2 unspecified atom stereocenters. The first-order valence-electron chi connectivity index (χ1n) is 7.19. The van der Waals surface area contributed by atoms with E-state index in [0.29, 0.717) is 12.5 Å². The fourth-order valence-corrected chi connectivity index (χ4v) is 3.69. The molecule has 0 amide bonds. The van der Waals surface area contributed by atoms with Crippen LogP contribution < -0.4 is 11.4 Å². The molecule has 1 fully saturated rings. The Labute approximate surface area is 131 Å². The Balaban J connectivity index is 2.08. The summed E-state index contributed by atoms with van der Waals surface area (Å²) in [6.07, 6.45) is 2.14. The van der Waals surface area contributed by atoms with E-state index in [0.717, 1.165) is 40.5 Å². The fraction of sp³-hybridized carbons (Fsp3) is 0.533. The molecule has 0 saturated carbocycles. The van der Waals surface area contributed by atoms with E-state index in [1.807, 2.05) is 12.1 Å². The van der Waals surface area contributed by atoms with E-state index in [1.165, 1.54) is 0 Å². The summed E-state index contributed by atoms with van der Waals surface area (Å²) >= 11 is 3.61. The monoisotopic (exact) mass is 353 g/mol. The van der Waals surface area contributed by atoms with Gasteiger partial charge in [0.15, 0.2) is 0 Å². The second-order valence-corrected chi connectivity index (χ2v) is 6.62. The minimum Gasteiger partial charge on any atom is -0.381 e. The SMILES string of the molecule is Cn1c(=O)n(C)c2cc(C(N)C3CCCOC3)c(Br)cc21. The smallest absolute Gasteiger partial charge is 0.328 e. The Morgan fingerprint density at radius 3 is 2.62 bits per heavy atom. The van der Waals surface area contributed by atoms with Crippen molar-refractivity contribution < 1.29 is 4.74 Å². The van der Waals surface area contributed by atoms with E-state index >= 15 is 0 Å². The molecule has 0 radical (unpaired) electrons. The van der Waals surface area contributed by atoms with Crippen molar-refractivity contribution in [2.45, 2.75) is 18.9 Å². The van der Waals surface area contributed by atoms with Crippen LogP contribution in [-0.2, 0) is 18.8 Å². The molecular formula is C15H20BrN3O2.